The molecule has 0 atom stereocenters. The summed E-state index contributed by atoms with van der Waals surface area (Å²) in [6, 6.07) is 0. The van der Waals surface area contributed by atoms with E-state index in [9.17, 15) is 4.79 Å². The van der Waals surface area contributed by atoms with Crippen LogP contribution >= 0.6 is 0 Å². The number of hydrogen-bond donors (Lipinski definition) is 2. The third-order valence-electron chi connectivity index (χ3n) is 0.689. The zero-order valence-electron chi connectivity index (χ0n) is 10.0. The molecule has 16 heavy (non-hydrogen) atoms. The Labute approximate surface area is 97.0 Å². The monoisotopic (exact) mass is 234 g/mol. The molecule has 0 bridgehead atoms. The first kappa shape index (κ1) is 20.1. The number of hydrogen-bond acceptors (Lipinski definition) is 4. The maximum absolute atomic E-state index is 9.70. The lowest BCUT2D eigenvalue weighted by atomic mass is 10.7. The van der Waals surface area contributed by atoms with Crippen LogP contribution in [0.25, 0.3) is 0 Å². The number of rotatable bonds is 5. The lowest BCUT2D eigenvalue weighted by Gasteiger charge is -2.00. The minimum atomic E-state index is -1.31. The van der Waals surface area contributed by atoms with Gasteiger partial charge >= 0.3 is 6.16 Å². The Hall–Kier alpha value is -1.33. The molecule has 0 rings (SSSR count). The van der Waals surface area contributed by atoms with Gasteiger partial charge in [-0.25, -0.2) is 4.79 Å². The molecule has 0 radical (unpaired) electrons. The largest absolute Gasteiger partial charge is 0.505 e. The molecule has 0 amide bonds. The zero-order valence-corrected chi connectivity index (χ0v) is 10.0. The fourth-order valence-electron chi connectivity index (χ4n) is 0.355. The molecule has 0 unspecified atom stereocenters. The molecular formula is C11H22O5. The molecule has 0 heterocycles. The van der Waals surface area contributed by atoms with Gasteiger partial charge in [0.25, 0.3) is 0 Å². The number of aliphatic hydroxyl groups excluding tert-OH is 1. The summed E-state index contributed by atoms with van der Waals surface area (Å²) in [5.74, 6) is 0. The van der Waals surface area contributed by atoms with Gasteiger partial charge in [0, 0.05) is 0 Å². The molecule has 5 heteroatoms. The zero-order chi connectivity index (χ0) is 13.2. The standard InChI is InChI=1S/C5H10O5.2C3H6/c6-1-2-9-3-4-10-5(7)8;2*1-3-2/h6H,1-4H2,(H,7,8);2*3H,1H2,2H3. The number of carboxylic acid groups (broad SMARTS) is 1. The van der Waals surface area contributed by atoms with E-state index in [1.54, 1.807) is 12.2 Å². The van der Waals surface area contributed by atoms with E-state index >= 15 is 0 Å². The van der Waals surface area contributed by atoms with E-state index in [0.29, 0.717) is 0 Å². The summed E-state index contributed by atoms with van der Waals surface area (Å²) >= 11 is 0. The third-order valence-corrected chi connectivity index (χ3v) is 0.689. The Morgan fingerprint density at radius 2 is 1.62 bits per heavy atom. The number of aliphatic hydroxyl groups is 1. The Balaban J connectivity index is -0.000000235. The summed E-state index contributed by atoms with van der Waals surface area (Å²) in [5.41, 5.74) is 0. The second-order valence-electron chi connectivity index (χ2n) is 2.27. The normalized spacial score (nSPS) is 7.44. The first-order valence-corrected chi connectivity index (χ1v) is 4.79. The molecular weight excluding hydrogens is 212 g/mol. The van der Waals surface area contributed by atoms with Gasteiger partial charge in [0.2, 0.25) is 0 Å². The minimum Gasteiger partial charge on any atom is -0.450 e. The predicted molar refractivity (Wildman–Crippen MR) is 63.6 cm³/mol. The Bertz CT molecular complexity index is 150. The van der Waals surface area contributed by atoms with Crippen LogP contribution in [0.2, 0.25) is 0 Å². The predicted octanol–water partition coefficient (Wildman–Crippen LogP) is 2.07. The van der Waals surface area contributed by atoms with Crippen LogP contribution in [0.3, 0.4) is 0 Å². The molecule has 0 aliphatic rings. The van der Waals surface area contributed by atoms with Crippen molar-refractivity contribution in [3.63, 3.8) is 0 Å². The van der Waals surface area contributed by atoms with E-state index in [1.165, 1.54) is 0 Å². The van der Waals surface area contributed by atoms with Gasteiger partial charge < -0.3 is 19.7 Å². The van der Waals surface area contributed by atoms with E-state index in [4.69, 9.17) is 14.9 Å². The molecule has 0 aliphatic carbocycles. The van der Waals surface area contributed by atoms with Gasteiger partial charge in [0.1, 0.15) is 6.61 Å². The molecule has 5 nitrogen and oxygen atoms in total. The summed E-state index contributed by atoms with van der Waals surface area (Å²) in [7, 11) is 0. The molecule has 0 fully saturated rings. The lowest BCUT2D eigenvalue weighted by Crippen LogP contribution is -2.09. The summed E-state index contributed by atoms with van der Waals surface area (Å²) < 4.78 is 8.79. The van der Waals surface area contributed by atoms with Gasteiger partial charge in [0.15, 0.2) is 0 Å². The van der Waals surface area contributed by atoms with Gasteiger partial charge in [-0.3, -0.25) is 0 Å². The van der Waals surface area contributed by atoms with Crippen LogP contribution in [-0.2, 0) is 9.47 Å². The van der Waals surface area contributed by atoms with Gasteiger partial charge in [-0.1, -0.05) is 12.2 Å². The van der Waals surface area contributed by atoms with Crippen molar-refractivity contribution in [1.82, 2.24) is 0 Å². The molecule has 0 saturated carbocycles. The minimum absolute atomic E-state index is 0.00926. The maximum Gasteiger partial charge on any atom is 0.505 e. The van der Waals surface area contributed by atoms with Crippen molar-refractivity contribution in [2.45, 2.75) is 13.8 Å². The van der Waals surface area contributed by atoms with Crippen LogP contribution in [0.5, 0.6) is 0 Å². The van der Waals surface area contributed by atoms with Crippen molar-refractivity contribution < 1.29 is 24.5 Å². The molecule has 96 valence electrons. The van der Waals surface area contributed by atoms with Gasteiger partial charge in [0.05, 0.1) is 19.8 Å². The smallest absolute Gasteiger partial charge is 0.450 e. The molecule has 0 saturated heterocycles. The topological polar surface area (TPSA) is 76.0 Å². The highest BCUT2D eigenvalue weighted by Crippen LogP contribution is 1.78. The first-order chi connectivity index (χ1) is 7.60. The Morgan fingerprint density at radius 3 is 1.94 bits per heavy atom. The second-order valence-corrected chi connectivity index (χ2v) is 2.27. The van der Waals surface area contributed by atoms with Crippen molar-refractivity contribution in [1.29, 1.82) is 0 Å². The van der Waals surface area contributed by atoms with Crippen molar-refractivity contribution in [3.05, 3.63) is 25.3 Å². The van der Waals surface area contributed by atoms with Crippen LogP contribution < -0.4 is 0 Å². The highest BCUT2D eigenvalue weighted by molar-refractivity contribution is 5.56. The SMILES string of the molecule is C=CC.C=CC.O=C(O)OCCOCCO. The van der Waals surface area contributed by atoms with Crippen molar-refractivity contribution in [2.24, 2.45) is 0 Å². The van der Waals surface area contributed by atoms with Crippen LogP contribution in [0.4, 0.5) is 4.79 Å². The Morgan fingerprint density at radius 1 is 1.19 bits per heavy atom. The fraction of sp³-hybridized carbons (Fsp3) is 0.545. The Kier molecular flexibility index (Phi) is 29.5. The van der Waals surface area contributed by atoms with Crippen LogP contribution in [0.1, 0.15) is 13.8 Å². The molecule has 0 aromatic rings. The number of ether oxygens (including phenoxy) is 2. The quantitative estimate of drug-likeness (QED) is 0.432. The van der Waals surface area contributed by atoms with Gasteiger partial charge in [-0.2, -0.15) is 0 Å². The van der Waals surface area contributed by atoms with E-state index in [1.807, 2.05) is 13.8 Å². The fourth-order valence-corrected chi connectivity index (χ4v) is 0.355. The average molecular weight is 234 g/mol. The summed E-state index contributed by atoms with van der Waals surface area (Å²) in [5, 5.41) is 16.1. The van der Waals surface area contributed by atoms with Crippen LogP contribution in [0, 0.1) is 0 Å². The number of carbonyl (C=O) groups is 1. The van der Waals surface area contributed by atoms with Crippen LogP contribution in [0.15, 0.2) is 25.3 Å². The lowest BCUT2D eigenvalue weighted by molar-refractivity contribution is 0.0363. The molecule has 0 aromatic heterocycles. The summed E-state index contributed by atoms with van der Waals surface area (Å²) in [4.78, 5) is 9.70. The molecule has 0 spiro atoms. The van der Waals surface area contributed by atoms with Crippen molar-refractivity contribution in [2.75, 3.05) is 26.4 Å². The van der Waals surface area contributed by atoms with E-state index in [0.717, 1.165) is 0 Å². The molecule has 2 N–H and O–H groups in total. The van der Waals surface area contributed by atoms with E-state index < -0.39 is 6.16 Å². The third kappa shape index (κ3) is 53.7. The second kappa shape index (κ2) is 23.5. The molecule has 0 aliphatic heterocycles. The van der Waals surface area contributed by atoms with Crippen molar-refractivity contribution >= 4 is 6.16 Å². The first-order valence-electron chi connectivity index (χ1n) is 4.79. The highest BCUT2D eigenvalue weighted by Gasteiger charge is 1.93. The maximum atomic E-state index is 9.70. The summed E-state index contributed by atoms with van der Waals surface area (Å²) in [6.45, 7) is 10.8. The van der Waals surface area contributed by atoms with E-state index in [2.05, 4.69) is 17.9 Å². The average Bonchev–Trinajstić information content (AvgIpc) is 2.19. The molecule has 0 aromatic carbocycles. The number of allylic oxidation sites excluding steroid dienone is 2. The summed E-state index contributed by atoms with van der Waals surface area (Å²) in [6.07, 6.45) is 2.19. The van der Waals surface area contributed by atoms with E-state index in [-0.39, 0.29) is 26.4 Å². The van der Waals surface area contributed by atoms with Crippen molar-refractivity contribution in [3.8, 4) is 0 Å². The van der Waals surface area contributed by atoms with Gasteiger partial charge in [-0.15, -0.1) is 13.2 Å². The highest BCUT2D eigenvalue weighted by atomic mass is 16.7. The van der Waals surface area contributed by atoms with Crippen LogP contribution in [-0.4, -0.2) is 42.8 Å². The van der Waals surface area contributed by atoms with Gasteiger partial charge in [-0.05, 0) is 13.8 Å².